The zero-order chi connectivity index (χ0) is 12.7. The van der Waals surface area contributed by atoms with Gasteiger partial charge >= 0.3 is 0 Å². The van der Waals surface area contributed by atoms with Crippen LogP contribution in [0.5, 0.6) is 5.75 Å². The van der Waals surface area contributed by atoms with Gasteiger partial charge in [0.2, 0.25) is 0 Å². The Morgan fingerprint density at radius 1 is 1.18 bits per heavy atom. The van der Waals surface area contributed by atoms with E-state index in [9.17, 15) is 0 Å². The third kappa shape index (κ3) is 4.02. The Bertz CT molecular complexity index is 324. The van der Waals surface area contributed by atoms with Gasteiger partial charge in [-0.2, -0.15) is 0 Å². The van der Waals surface area contributed by atoms with Crippen LogP contribution >= 0.6 is 0 Å². The van der Waals surface area contributed by atoms with Crippen molar-refractivity contribution in [1.82, 2.24) is 4.90 Å². The molecule has 1 aromatic carbocycles. The molecular weight excluding hydrogens is 212 g/mol. The summed E-state index contributed by atoms with van der Waals surface area (Å²) in [6, 6.07) is 8.05. The normalized spacial score (nSPS) is 12.8. The third-order valence-electron chi connectivity index (χ3n) is 2.97. The molecule has 0 saturated heterocycles. The van der Waals surface area contributed by atoms with Gasteiger partial charge in [-0.25, -0.2) is 0 Å². The van der Waals surface area contributed by atoms with Crippen molar-refractivity contribution in [2.45, 2.75) is 26.8 Å². The average Bonchev–Trinajstić information content (AvgIpc) is 2.36. The molecule has 0 spiro atoms. The predicted molar refractivity (Wildman–Crippen MR) is 72.3 cm³/mol. The van der Waals surface area contributed by atoms with Gasteiger partial charge < -0.3 is 15.4 Å². The number of hydrogen-bond acceptors (Lipinski definition) is 3. The minimum Gasteiger partial charge on any atom is -0.494 e. The van der Waals surface area contributed by atoms with Crippen LogP contribution < -0.4 is 10.5 Å². The molecule has 1 atom stereocenters. The highest BCUT2D eigenvalue weighted by Crippen LogP contribution is 2.24. The summed E-state index contributed by atoms with van der Waals surface area (Å²) >= 11 is 0. The van der Waals surface area contributed by atoms with Crippen molar-refractivity contribution in [1.29, 1.82) is 0 Å². The Kier molecular flexibility index (Phi) is 6.01. The molecule has 96 valence electrons. The van der Waals surface area contributed by atoms with Gasteiger partial charge in [-0.1, -0.05) is 32.0 Å². The fourth-order valence-electron chi connectivity index (χ4n) is 1.93. The average molecular weight is 236 g/mol. The SMILES string of the molecule is CCOc1ccccc1C(N)CN(CC)CC. The van der Waals surface area contributed by atoms with E-state index in [1.807, 2.05) is 25.1 Å². The Balaban J connectivity index is 2.76. The van der Waals surface area contributed by atoms with Crippen LogP contribution in [0.2, 0.25) is 0 Å². The maximum absolute atomic E-state index is 6.26. The summed E-state index contributed by atoms with van der Waals surface area (Å²) in [6.45, 7) is 9.91. The van der Waals surface area contributed by atoms with Gasteiger partial charge in [-0.05, 0) is 26.1 Å². The van der Waals surface area contributed by atoms with E-state index >= 15 is 0 Å². The molecule has 1 rings (SSSR count). The lowest BCUT2D eigenvalue weighted by Crippen LogP contribution is -2.32. The Labute approximate surface area is 105 Å². The molecule has 2 N–H and O–H groups in total. The Morgan fingerprint density at radius 3 is 2.41 bits per heavy atom. The lowest BCUT2D eigenvalue weighted by atomic mass is 10.1. The molecule has 0 aliphatic carbocycles. The zero-order valence-electron chi connectivity index (χ0n) is 11.1. The molecule has 0 aliphatic heterocycles. The van der Waals surface area contributed by atoms with Crippen molar-refractivity contribution in [2.75, 3.05) is 26.2 Å². The van der Waals surface area contributed by atoms with Gasteiger partial charge in [-0.3, -0.25) is 0 Å². The highest BCUT2D eigenvalue weighted by atomic mass is 16.5. The second kappa shape index (κ2) is 7.30. The van der Waals surface area contributed by atoms with E-state index in [0.29, 0.717) is 6.61 Å². The van der Waals surface area contributed by atoms with Crippen molar-refractivity contribution in [3.8, 4) is 5.75 Å². The first-order valence-electron chi connectivity index (χ1n) is 6.42. The highest BCUT2D eigenvalue weighted by Gasteiger charge is 2.13. The van der Waals surface area contributed by atoms with E-state index in [0.717, 1.165) is 30.9 Å². The maximum atomic E-state index is 6.26. The molecule has 0 radical (unpaired) electrons. The van der Waals surface area contributed by atoms with Gasteiger partial charge in [0.05, 0.1) is 6.61 Å². The summed E-state index contributed by atoms with van der Waals surface area (Å²) in [6.07, 6.45) is 0. The summed E-state index contributed by atoms with van der Waals surface area (Å²) in [5.41, 5.74) is 7.35. The first-order chi connectivity index (χ1) is 8.22. The van der Waals surface area contributed by atoms with Gasteiger partial charge in [0, 0.05) is 18.2 Å². The largest absolute Gasteiger partial charge is 0.494 e. The van der Waals surface area contributed by atoms with Crippen LogP contribution in [0.1, 0.15) is 32.4 Å². The Hall–Kier alpha value is -1.06. The molecule has 17 heavy (non-hydrogen) atoms. The summed E-state index contributed by atoms with van der Waals surface area (Å²) in [5.74, 6) is 0.912. The summed E-state index contributed by atoms with van der Waals surface area (Å²) in [4.78, 5) is 2.33. The predicted octanol–water partition coefficient (Wildman–Crippen LogP) is 2.43. The molecule has 0 saturated carbocycles. The number of nitrogens with two attached hydrogens (primary N) is 1. The lowest BCUT2D eigenvalue weighted by molar-refractivity contribution is 0.278. The van der Waals surface area contributed by atoms with E-state index < -0.39 is 0 Å². The number of nitrogens with zero attached hydrogens (tertiary/aromatic N) is 1. The molecule has 0 fully saturated rings. The van der Waals surface area contributed by atoms with Gasteiger partial charge in [0.15, 0.2) is 0 Å². The van der Waals surface area contributed by atoms with Crippen LogP contribution in [0.25, 0.3) is 0 Å². The molecule has 0 heterocycles. The van der Waals surface area contributed by atoms with Crippen LogP contribution in [0.15, 0.2) is 24.3 Å². The van der Waals surface area contributed by atoms with Crippen molar-refractivity contribution in [3.05, 3.63) is 29.8 Å². The monoisotopic (exact) mass is 236 g/mol. The number of para-hydroxylation sites is 1. The zero-order valence-corrected chi connectivity index (χ0v) is 11.1. The molecule has 0 aromatic heterocycles. The Morgan fingerprint density at radius 2 is 1.82 bits per heavy atom. The number of likely N-dealkylation sites (N-methyl/N-ethyl adjacent to an activating group) is 1. The maximum Gasteiger partial charge on any atom is 0.124 e. The second-order valence-corrected chi connectivity index (χ2v) is 4.06. The van der Waals surface area contributed by atoms with Gasteiger partial charge in [0.1, 0.15) is 5.75 Å². The van der Waals surface area contributed by atoms with Gasteiger partial charge in [0.25, 0.3) is 0 Å². The molecule has 1 unspecified atom stereocenters. The molecule has 1 aromatic rings. The van der Waals surface area contributed by atoms with Crippen LogP contribution in [-0.2, 0) is 0 Å². The summed E-state index contributed by atoms with van der Waals surface area (Å²) in [5, 5.41) is 0. The topological polar surface area (TPSA) is 38.5 Å². The standard InChI is InChI=1S/C14H24N2O/c1-4-16(5-2)11-13(15)12-9-7-8-10-14(12)17-6-3/h7-10,13H,4-6,11,15H2,1-3H3. The van der Waals surface area contributed by atoms with Crippen molar-refractivity contribution in [3.63, 3.8) is 0 Å². The van der Waals surface area contributed by atoms with E-state index in [4.69, 9.17) is 10.5 Å². The second-order valence-electron chi connectivity index (χ2n) is 4.06. The van der Waals surface area contributed by atoms with E-state index in [1.165, 1.54) is 0 Å². The minimum atomic E-state index is 0.0117. The van der Waals surface area contributed by atoms with Crippen LogP contribution in [-0.4, -0.2) is 31.1 Å². The number of benzene rings is 1. The molecule has 3 heteroatoms. The number of rotatable bonds is 7. The van der Waals surface area contributed by atoms with E-state index in [2.05, 4.69) is 24.8 Å². The number of ether oxygens (including phenoxy) is 1. The van der Waals surface area contributed by atoms with Crippen molar-refractivity contribution >= 4 is 0 Å². The van der Waals surface area contributed by atoms with Crippen LogP contribution in [0.3, 0.4) is 0 Å². The van der Waals surface area contributed by atoms with E-state index in [-0.39, 0.29) is 6.04 Å². The molecule has 0 aliphatic rings. The van der Waals surface area contributed by atoms with E-state index in [1.54, 1.807) is 0 Å². The summed E-state index contributed by atoms with van der Waals surface area (Å²) < 4.78 is 5.61. The fourth-order valence-corrected chi connectivity index (χ4v) is 1.93. The first kappa shape index (κ1) is 14.0. The minimum absolute atomic E-state index is 0.0117. The molecule has 0 bridgehead atoms. The smallest absolute Gasteiger partial charge is 0.124 e. The number of hydrogen-bond donors (Lipinski definition) is 1. The quantitative estimate of drug-likeness (QED) is 0.790. The molecule has 3 nitrogen and oxygen atoms in total. The van der Waals surface area contributed by atoms with Crippen LogP contribution in [0, 0.1) is 0 Å². The van der Waals surface area contributed by atoms with Gasteiger partial charge in [-0.15, -0.1) is 0 Å². The fraction of sp³-hybridized carbons (Fsp3) is 0.571. The summed E-state index contributed by atoms with van der Waals surface area (Å²) in [7, 11) is 0. The third-order valence-corrected chi connectivity index (χ3v) is 2.97. The molecular formula is C14H24N2O. The van der Waals surface area contributed by atoms with Crippen molar-refractivity contribution < 1.29 is 4.74 Å². The lowest BCUT2D eigenvalue weighted by Gasteiger charge is -2.24. The first-order valence-corrected chi connectivity index (χ1v) is 6.42. The molecule has 0 amide bonds. The van der Waals surface area contributed by atoms with Crippen LogP contribution in [0.4, 0.5) is 0 Å². The highest BCUT2D eigenvalue weighted by molar-refractivity contribution is 5.35. The van der Waals surface area contributed by atoms with Crippen molar-refractivity contribution in [2.24, 2.45) is 5.73 Å².